The van der Waals surface area contributed by atoms with Crippen molar-refractivity contribution in [2.75, 3.05) is 11.9 Å². The monoisotopic (exact) mass is 367 g/mol. The number of nitrogens with zero attached hydrogens (tertiary/aromatic N) is 2. The molecule has 2 atom stereocenters. The van der Waals surface area contributed by atoms with Gasteiger partial charge in [0.05, 0.1) is 12.2 Å². The Morgan fingerprint density at radius 2 is 1.85 bits per heavy atom. The van der Waals surface area contributed by atoms with Crippen LogP contribution in [0.25, 0.3) is 5.69 Å². The minimum Gasteiger partial charge on any atom is -0.347 e. The Balaban J connectivity index is 1.20. The molecule has 2 saturated heterocycles. The average Bonchev–Trinajstić information content (AvgIpc) is 3.31. The minimum absolute atomic E-state index is 0.00241. The Labute approximate surface area is 158 Å². The van der Waals surface area contributed by atoms with Crippen LogP contribution in [0, 0.1) is 5.92 Å². The Morgan fingerprint density at radius 1 is 1.11 bits per heavy atom. The third-order valence-corrected chi connectivity index (χ3v) is 5.41. The zero-order valence-corrected chi connectivity index (χ0v) is 15.2. The predicted molar refractivity (Wildman–Crippen MR) is 102 cm³/mol. The van der Waals surface area contributed by atoms with Gasteiger partial charge in [-0.2, -0.15) is 5.10 Å². The van der Waals surface area contributed by atoms with Crippen molar-refractivity contribution in [1.29, 1.82) is 0 Å². The summed E-state index contributed by atoms with van der Waals surface area (Å²) in [5, 5.41) is 13.3. The highest BCUT2D eigenvalue weighted by Crippen LogP contribution is 2.32. The van der Waals surface area contributed by atoms with Crippen molar-refractivity contribution in [3.8, 4) is 5.69 Å². The van der Waals surface area contributed by atoms with E-state index in [1.54, 1.807) is 10.9 Å². The number of hydrogen-bond donors (Lipinski definition) is 3. The Bertz CT molecular complexity index is 775. The van der Waals surface area contributed by atoms with Crippen molar-refractivity contribution >= 4 is 17.5 Å². The maximum atomic E-state index is 12.2. The number of rotatable bonds is 6. The van der Waals surface area contributed by atoms with E-state index < -0.39 is 0 Å². The summed E-state index contributed by atoms with van der Waals surface area (Å²) >= 11 is 0. The molecule has 0 radical (unpaired) electrons. The molecule has 2 fully saturated rings. The predicted octanol–water partition coefficient (Wildman–Crippen LogP) is 1.85. The third kappa shape index (κ3) is 4.54. The van der Waals surface area contributed by atoms with Gasteiger partial charge in [-0.15, -0.1) is 0 Å². The first-order chi connectivity index (χ1) is 13.2. The molecule has 27 heavy (non-hydrogen) atoms. The second kappa shape index (κ2) is 7.92. The number of nitrogens with one attached hydrogen (secondary N) is 3. The maximum Gasteiger partial charge on any atom is 0.243 e. The summed E-state index contributed by atoms with van der Waals surface area (Å²) in [7, 11) is 0. The normalized spacial score (nSPS) is 23.8. The molecule has 2 aliphatic rings. The first kappa shape index (κ1) is 17.7. The highest BCUT2D eigenvalue weighted by atomic mass is 16.2. The molecule has 2 aromatic rings. The lowest BCUT2D eigenvalue weighted by molar-refractivity contribution is -0.125. The van der Waals surface area contributed by atoms with Gasteiger partial charge in [0.1, 0.15) is 0 Å². The van der Waals surface area contributed by atoms with E-state index in [2.05, 4.69) is 21.0 Å². The summed E-state index contributed by atoms with van der Waals surface area (Å²) in [5.41, 5.74) is 1.61. The fraction of sp³-hybridized carbons (Fsp3) is 0.450. The highest BCUT2D eigenvalue weighted by Gasteiger charge is 2.34. The van der Waals surface area contributed by atoms with Gasteiger partial charge in [-0.25, -0.2) is 4.68 Å². The van der Waals surface area contributed by atoms with Crippen molar-refractivity contribution in [1.82, 2.24) is 20.4 Å². The number of benzene rings is 1. The SMILES string of the molecule is O=C(CC1CC2CCC(C1)N2)NCC(=O)Nc1ccc(-n2cccn2)cc1. The zero-order valence-electron chi connectivity index (χ0n) is 15.2. The van der Waals surface area contributed by atoms with Crippen LogP contribution in [-0.2, 0) is 9.59 Å². The number of amides is 2. The van der Waals surface area contributed by atoms with Crippen LogP contribution >= 0.6 is 0 Å². The largest absolute Gasteiger partial charge is 0.347 e. The molecular formula is C20H25N5O2. The summed E-state index contributed by atoms with van der Waals surface area (Å²) < 4.78 is 1.75. The Hall–Kier alpha value is -2.67. The molecule has 3 N–H and O–H groups in total. The molecule has 4 rings (SSSR count). The number of anilines is 1. The van der Waals surface area contributed by atoms with E-state index in [0.29, 0.717) is 30.1 Å². The van der Waals surface area contributed by atoms with E-state index in [1.165, 1.54) is 12.8 Å². The molecule has 0 spiro atoms. The van der Waals surface area contributed by atoms with Crippen LogP contribution in [0.2, 0.25) is 0 Å². The van der Waals surface area contributed by atoms with Crippen LogP contribution in [0.4, 0.5) is 5.69 Å². The summed E-state index contributed by atoms with van der Waals surface area (Å²) in [6, 6.07) is 10.4. The number of carbonyl (C=O) groups excluding carboxylic acids is 2. The molecule has 2 aliphatic heterocycles. The zero-order chi connectivity index (χ0) is 18.6. The van der Waals surface area contributed by atoms with Crippen molar-refractivity contribution in [3.05, 3.63) is 42.7 Å². The van der Waals surface area contributed by atoms with Gasteiger partial charge in [0.2, 0.25) is 11.8 Å². The van der Waals surface area contributed by atoms with E-state index in [-0.39, 0.29) is 18.4 Å². The van der Waals surface area contributed by atoms with Gasteiger partial charge < -0.3 is 16.0 Å². The summed E-state index contributed by atoms with van der Waals surface area (Å²) in [5.74, 6) is 0.174. The van der Waals surface area contributed by atoms with E-state index in [0.717, 1.165) is 18.5 Å². The quantitative estimate of drug-likeness (QED) is 0.727. The molecule has 0 aliphatic carbocycles. The standard InChI is InChI=1S/C20H25N5O2/c26-19(12-14-10-16-2-3-17(11-14)23-16)21-13-20(27)24-15-4-6-18(7-5-15)25-9-1-8-22-25/h1,4-9,14,16-17,23H,2-3,10-13H2,(H,21,26)(H,24,27). The van der Waals surface area contributed by atoms with Crippen molar-refractivity contribution < 1.29 is 9.59 Å². The number of piperidine rings is 1. The van der Waals surface area contributed by atoms with Gasteiger partial charge >= 0.3 is 0 Å². The molecule has 3 heterocycles. The smallest absolute Gasteiger partial charge is 0.243 e. The van der Waals surface area contributed by atoms with Crippen molar-refractivity contribution in [2.45, 2.75) is 44.2 Å². The average molecular weight is 367 g/mol. The molecule has 2 unspecified atom stereocenters. The van der Waals surface area contributed by atoms with Gasteiger partial charge in [-0.05, 0) is 61.9 Å². The first-order valence-electron chi connectivity index (χ1n) is 9.58. The number of fused-ring (bicyclic) bond motifs is 2. The summed E-state index contributed by atoms with van der Waals surface area (Å²) in [4.78, 5) is 24.2. The molecule has 142 valence electrons. The van der Waals surface area contributed by atoms with E-state index in [4.69, 9.17) is 0 Å². The topological polar surface area (TPSA) is 88.0 Å². The van der Waals surface area contributed by atoms with Crippen molar-refractivity contribution in [2.24, 2.45) is 5.92 Å². The summed E-state index contributed by atoms with van der Waals surface area (Å²) in [6.07, 6.45) is 8.68. The Morgan fingerprint density at radius 3 is 2.52 bits per heavy atom. The maximum absolute atomic E-state index is 12.2. The Kier molecular flexibility index (Phi) is 5.20. The third-order valence-electron chi connectivity index (χ3n) is 5.41. The van der Waals surface area contributed by atoms with E-state index in [1.807, 2.05) is 36.5 Å². The first-order valence-corrected chi connectivity index (χ1v) is 9.58. The molecule has 1 aromatic carbocycles. The van der Waals surface area contributed by atoms with Gasteiger partial charge in [0, 0.05) is 36.6 Å². The molecular weight excluding hydrogens is 342 g/mol. The van der Waals surface area contributed by atoms with Crippen LogP contribution in [0.5, 0.6) is 0 Å². The van der Waals surface area contributed by atoms with E-state index in [9.17, 15) is 9.59 Å². The number of carbonyl (C=O) groups is 2. The van der Waals surface area contributed by atoms with Crippen LogP contribution in [0.3, 0.4) is 0 Å². The van der Waals surface area contributed by atoms with Crippen LogP contribution in [-0.4, -0.2) is 40.2 Å². The van der Waals surface area contributed by atoms with Crippen LogP contribution in [0.1, 0.15) is 32.1 Å². The summed E-state index contributed by atoms with van der Waals surface area (Å²) in [6.45, 7) is -0.00241. The lowest BCUT2D eigenvalue weighted by Crippen LogP contribution is -2.40. The molecule has 7 nitrogen and oxygen atoms in total. The van der Waals surface area contributed by atoms with E-state index >= 15 is 0 Å². The lowest BCUT2D eigenvalue weighted by atomic mass is 9.89. The molecule has 1 aromatic heterocycles. The minimum atomic E-state index is -0.222. The number of aromatic nitrogens is 2. The molecule has 2 bridgehead atoms. The molecule has 2 amide bonds. The molecule has 0 saturated carbocycles. The van der Waals surface area contributed by atoms with Gasteiger partial charge in [0.15, 0.2) is 0 Å². The lowest BCUT2D eigenvalue weighted by Gasteiger charge is -2.28. The van der Waals surface area contributed by atoms with Crippen LogP contribution in [0.15, 0.2) is 42.7 Å². The van der Waals surface area contributed by atoms with Gasteiger partial charge in [0.25, 0.3) is 0 Å². The molecule has 7 heteroatoms. The van der Waals surface area contributed by atoms with Gasteiger partial charge in [-0.1, -0.05) is 0 Å². The fourth-order valence-electron chi connectivity index (χ4n) is 4.18. The van der Waals surface area contributed by atoms with Crippen molar-refractivity contribution in [3.63, 3.8) is 0 Å². The van der Waals surface area contributed by atoms with Gasteiger partial charge in [-0.3, -0.25) is 9.59 Å². The fourth-order valence-corrected chi connectivity index (χ4v) is 4.18. The highest BCUT2D eigenvalue weighted by molar-refractivity contribution is 5.94. The van der Waals surface area contributed by atoms with Crippen LogP contribution < -0.4 is 16.0 Å². The second-order valence-electron chi connectivity index (χ2n) is 7.50. The second-order valence-corrected chi connectivity index (χ2v) is 7.50. The number of hydrogen-bond acceptors (Lipinski definition) is 4.